The Morgan fingerprint density at radius 3 is 2.37 bits per heavy atom. The summed E-state index contributed by atoms with van der Waals surface area (Å²) in [6, 6.07) is 14.8. The molecule has 0 aliphatic rings. The molecule has 100 valence electrons. The highest BCUT2D eigenvalue weighted by Crippen LogP contribution is 2.16. The fourth-order valence-corrected chi connectivity index (χ4v) is 2.07. The number of methoxy groups -OCH3 is 1. The molecule has 2 heteroatoms. The second-order valence-corrected chi connectivity index (χ2v) is 4.85. The minimum atomic E-state index is 0.658. The molecule has 0 radical (unpaired) electrons. The number of hydrogen-bond acceptors (Lipinski definition) is 2. The van der Waals surface area contributed by atoms with Gasteiger partial charge in [-0.25, -0.2) is 0 Å². The van der Waals surface area contributed by atoms with Crippen molar-refractivity contribution in [2.75, 3.05) is 12.4 Å². The van der Waals surface area contributed by atoms with Gasteiger partial charge in [0.25, 0.3) is 0 Å². The van der Waals surface area contributed by atoms with E-state index in [4.69, 9.17) is 4.74 Å². The lowest BCUT2D eigenvalue weighted by Crippen LogP contribution is -2.04. The molecular formula is C17H21NO. The fourth-order valence-electron chi connectivity index (χ4n) is 2.07. The minimum Gasteiger partial charge on any atom is -0.381 e. The Kier molecular flexibility index (Phi) is 4.58. The van der Waals surface area contributed by atoms with Crippen molar-refractivity contribution in [3.63, 3.8) is 0 Å². The van der Waals surface area contributed by atoms with Gasteiger partial charge in [0.2, 0.25) is 0 Å². The van der Waals surface area contributed by atoms with Gasteiger partial charge in [-0.2, -0.15) is 0 Å². The third-order valence-electron chi connectivity index (χ3n) is 3.41. The SMILES string of the molecule is COCc1ccccc1CNc1ccc(C)c(C)c1. The summed E-state index contributed by atoms with van der Waals surface area (Å²) in [5.41, 5.74) is 6.32. The van der Waals surface area contributed by atoms with Crippen molar-refractivity contribution in [1.29, 1.82) is 0 Å². The quantitative estimate of drug-likeness (QED) is 0.870. The zero-order valence-corrected chi connectivity index (χ0v) is 11.9. The molecule has 0 fully saturated rings. The first-order valence-corrected chi connectivity index (χ1v) is 6.57. The van der Waals surface area contributed by atoms with Gasteiger partial charge >= 0.3 is 0 Å². The van der Waals surface area contributed by atoms with Crippen molar-refractivity contribution in [3.8, 4) is 0 Å². The zero-order valence-electron chi connectivity index (χ0n) is 11.9. The van der Waals surface area contributed by atoms with E-state index in [1.54, 1.807) is 7.11 Å². The number of ether oxygens (including phenoxy) is 1. The third-order valence-corrected chi connectivity index (χ3v) is 3.41. The minimum absolute atomic E-state index is 0.658. The summed E-state index contributed by atoms with van der Waals surface area (Å²) >= 11 is 0. The van der Waals surface area contributed by atoms with E-state index in [0.717, 1.165) is 12.2 Å². The molecular weight excluding hydrogens is 234 g/mol. The van der Waals surface area contributed by atoms with Crippen LogP contribution in [0.15, 0.2) is 42.5 Å². The highest BCUT2D eigenvalue weighted by Gasteiger charge is 2.02. The number of benzene rings is 2. The van der Waals surface area contributed by atoms with E-state index in [-0.39, 0.29) is 0 Å². The second kappa shape index (κ2) is 6.39. The molecule has 0 aliphatic carbocycles. The van der Waals surface area contributed by atoms with Gasteiger partial charge < -0.3 is 10.1 Å². The first kappa shape index (κ1) is 13.6. The Hall–Kier alpha value is -1.80. The van der Waals surface area contributed by atoms with Crippen molar-refractivity contribution in [2.24, 2.45) is 0 Å². The molecule has 2 aromatic rings. The lowest BCUT2D eigenvalue weighted by atomic mass is 10.1. The summed E-state index contributed by atoms with van der Waals surface area (Å²) in [6.07, 6.45) is 0. The van der Waals surface area contributed by atoms with Crippen LogP contribution in [0.3, 0.4) is 0 Å². The van der Waals surface area contributed by atoms with E-state index in [1.165, 1.54) is 22.3 Å². The lowest BCUT2D eigenvalue weighted by molar-refractivity contribution is 0.184. The smallest absolute Gasteiger partial charge is 0.0716 e. The molecule has 0 aromatic heterocycles. The molecule has 2 rings (SSSR count). The monoisotopic (exact) mass is 255 g/mol. The van der Waals surface area contributed by atoms with Crippen LogP contribution in [-0.4, -0.2) is 7.11 Å². The van der Waals surface area contributed by atoms with Gasteiger partial charge in [-0.3, -0.25) is 0 Å². The van der Waals surface area contributed by atoms with E-state index >= 15 is 0 Å². The van der Waals surface area contributed by atoms with Crippen molar-refractivity contribution in [1.82, 2.24) is 0 Å². The van der Waals surface area contributed by atoms with Gasteiger partial charge in [0, 0.05) is 19.3 Å². The van der Waals surface area contributed by atoms with E-state index in [9.17, 15) is 0 Å². The zero-order chi connectivity index (χ0) is 13.7. The Bertz CT molecular complexity index is 549. The molecule has 0 saturated carbocycles. The highest BCUT2D eigenvalue weighted by molar-refractivity contribution is 5.48. The maximum Gasteiger partial charge on any atom is 0.0716 e. The molecule has 2 aromatic carbocycles. The van der Waals surface area contributed by atoms with Gasteiger partial charge in [-0.15, -0.1) is 0 Å². The standard InChI is InChI=1S/C17H21NO/c1-13-8-9-17(10-14(13)2)18-11-15-6-4-5-7-16(15)12-19-3/h4-10,18H,11-12H2,1-3H3. The number of anilines is 1. The predicted molar refractivity (Wildman–Crippen MR) is 80.4 cm³/mol. The van der Waals surface area contributed by atoms with Crippen LogP contribution in [0, 0.1) is 13.8 Å². The van der Waals surface area contributed by atoms with Crippen molar-refractivity contribution >= 4 is 5.69 Å². The molecule has 0 spiro atoms. The van der Waals surface area contributed by atoms with E-state index < -0.39 is 0 Å². The first-order valence-electron chi connectivity index (χ1n) is 6.57. The largest absolute Gasteiger partial charge is 0.381 e. The molecule has 0 unspecified atom stereocenters. The van der Waals surface area contributed by atoms with Gasteiger partial charge in [0.05, 0.1) is 6.61 Å². The maximum absolute atomic E-state index is 5.23. The van der Waals surface area contributed by atoms with Crippen LogP contribution >= 0.6 is 0 Å². The highest BCUT2D eigenvalue weighted by atomic mass is 16.5. The Morgan fingerprint density at radius 2 is 1.68 bits per heavy atom. The van der Waals surface area contributed by atoms with Crippen LogP contribution in [-0.2, 0) is 17.9 Å². The summed E-state index contributed by atoms with van der Waals surface area (Å²) < 4.78 is 5.23. The summed E-state index contributed by atoms with van der Waals surface area (Å²) in [6.45, 7) is 5.75. The second-order valence-electron chi connectivity index (χ2n) is 4.85. The number of nitrogens with one attached hydrogen (secondary N) is 1. The van der Waals surface area contributed by atoms with Crippen molar-refractivity contribution in [2.45, 2.75) is 27.0 Å². The Balaban J connectivity index is 2.07. The number of aryl methyl sites for hydroxylation is 2. The number of hydrogen-bond donors (Lipinski definition) is 1. The van der Waals surface area contributed by atoms with Gasteiger partial charge in [0.1, 0.15) is 0 Å². The average molecular weight is 255 g/mol. The van der Waals surface area contributed by atoms with Crippen molar-refractivity contribution < 1.29 is 4.74 Å². The normalized spacial score (nSPS) is 10.5. The first-order chi connectivity index (χ1) is 9.20. The van der Waals surface area contributed by atoms with E-state index in [1.807, 2.05) is 6.07 Å². The Morgan fingerprint density at radius 1 is 0.947 bits per heavy atom. The summed E-state index contributed by atoms with van der Waals surface area (Å²) in [5.74, 6) is 0. The molecule has 1 N–H and O–H groups in total. The molecule has 0 aliphatic heterocycles. The molecule has 0 amide bonds. The van der Waals surface area contributed by atoms with E-state index in [2.05, 4.69) is 55.6 Å². The molecule has 19 heavy (non-hydrogen) atoms. The average Bonchev–Trinajstić information content (AvgIpc) is 2.42. The van der Waals surface area contributed by atoms with Gasteiger partial charge in [0.15, 0.2) is 0 Å². The molecule has 0 atom stereocenters. The van der Waals surface area contributed by atoms with Crippen LogP contribution in [0.2, 0.25) is 0 Å². The maximum atomic E-state index is 5.23. The summed E-state index contributed by atoms with van der Waals surface area (Å²) in [4.78, 5) is 0. The van der Waals surface area contributed by atoms with Gasteiger partial charge in [-0.1, -0.05) is 30.3 Å². The van der Waals surface area contributed by atoms with E-state index in [0.29, 0.717) is 6.61 Å². The Labute approximate surface area is 115 Å². The fraction of sp³-hybridized carbons (Fsp3) is 0.294. The van der Waals surface area contributed by atoms with Gasteiger partial charge in [-0.05, 0) is 48.2 Å². The van der Waals surface area contributed by atoms with Crippen molar-refractivity contribution in [3.05, 3.63) is 64.7 Å². The summed E-state index contributed by atoms with van der Waals surface area (Å²) in [5, 5.41) is 3.47. The van der Waals surface area contributed by atoms with Crippen LogP contribution in [0.5, 0.6) is 0 Å². The number of rotatable bonds is 5. The molecule has 0 saturated heterocycles. The topological polar surface area (TPSA) is 21.3 Å². The van der Waals surface area contributed by atoms with Crippen LogP contribution < -0.4 is 5.32 Å². The van der Waals surface area contributed by atoms with Crippen LogP contribution in [0.25, 0.3) is 0 Å². The van der Waals surface area contributed by atoms with Crippen LogP contribution in [0.1, 0.15) is 22.3 Å². The molecule has 2 nitrogen and oxygen atoms in total. The third kappa shape index (κ3) is 3.58. The predicted octanol–water partition coefficient (Wildman–Crippen LogP) is 4.06. The lowest BCUT2D eigenvalue weighted by Gasteiger charge is -2.12. The van der Waals surface area contributed by atoms with Crippen LogP contribution in [0.4, 0.5) is 5.69 Å². The molecule has 0 bridgehead atoms. The molecule has 0 heterocycles. The summed E-state index contributed by atoms with van der Waals surface area (Å²) in [7, 11) is 1.73.